The van der Waals surface area contributed by atoms with Gasteiger partial charge in [0.1, 0.15) is 11.2 Å². The van der Waals surface area contributed by atoms with Crippen LogP contribution in [0, 0.1) is 0 Å². The molecule has 1 saturated heterocycles. The van der Waals surface area contributed by atoms with Gasteiger partial charge in [-0.1, -0.05) is 36.4 Å². The third-order valence-electron chi connectivity index (χ3n) is 6.59. The molecule has 1 amide bonds. The van der Waals surface area contributed by atoms with Gasteiger partial charge in [-0.3, -0.25) is 10.1 Å². The summed E-state index contributed by atoms with van der Waals surface area (Å²) in [7, 11) is 0. The van der Waals surface area contributed by atoms with E-state index in [-0.39, 0.29) is 5.91 Å². The van der Waals surface area contributed by atoms with E-state index in [2.05, 4.69) is 63.8 Å². The summed E-state index contributed by atoms with van der Waals surface area (Å²) in [6, 6.07) is 20.8. The number of benzene rings is 2. The molecular formula is C25H22N4O. The quantitative estimate of drug-likeness (QED) is 0.539. The Hall–Kier alpha value is -3.44. The number of nitrogens with zero attached hydrogens (tertiary/aromatic N) is 2. The van der Waals surface area contributed by atoms with Crippen LogP contribution in [-0.4, -0.2) is 28.0 Å². The van der Waals surface area contributed by atoms with Crippen molar-refractivity contribution < 1.29 is 4.79 Å². The van der Waals surface area contributed by atoms with Gasteiger partial charge in [0, 0.05) is 43.0 Å². The standard InChI is InChI=1S/C25H22N4O/c30-24-25(15-18-3-1-2-4-19(18)16-28-25)11-14-29(24)20-7-5-17(6-8-20)21-9-12-26-23-22(21)10-13-27-23/h1-10,12-13,28H,11,14-16H2,(H,26,27). The van der Waals surface area contributed by atoms with Crippen molar-refractivity contribution in [3.8, 4) is 11.1 Å². The van der Waals surface area contributed by atoms with Crippen molar-refractivity contribution in [2.45, 2.75) is 24.9 Å². The molecule has 1 atom stereocenters. The van der Waals surface area contributed by atoms with E-state index in [1.54, 1.807) is 0 Å². The molecule has 30 heavy (non-hydrogen) atoms. The largest absolute Gasteiger partial charge is 0.346 e. The molecule has 4 heterocycles. The molecule has 6 rings (SSSR count). The molecule has 0 radical (unpaired) electrons. The van der Waals surface area contributed by atoms with Crippen LogP contribution >= 0.6 is 0 Å². The van der Waals surface area contributed by atoms with Crippen molar-refractivity contribution in [2.24, 2.45) is 0 Å². The van der Waals surface area contributed by atoms with E-state index in [1.165, 1.54) is 11.1 Å². The Labute approximate surface area is 174 Å². The number of anilines is 1. The van der Waals surface area contributed by atoms with E-state index in [0.29, 0.717) is 0 Å². The minimum absolute atomic E-state index is 0.182. The van der Waals surface area contributed by atoms with Crippen LogP contribution in [0.3, 0.4) is 0 Å². The Morgan fingerprint density at radius 3 is 2.67 bits per heavy atom. The number of aromatic nitrogens is 2. The minimum atomic E-state index is -0.477. The first-order valence-corrected chi connectivity index (χ1v) is 10.4. The first kappa shape index (κ1) is 17.4. The predicted molar refractivity (Wildman–Crippen MR) is 118 cm³/mol. The molecule has 2 aromatic heterocycles. The first-order valence-electron chi connectivity index (χ1n) is 10.4. The number of amides is 1. The van der Waals surface area contributed by atoms with E-state index in [9.17, 15) is 4.79 Å². The molecule has 5 nitrogen and oxygen atoms in total. The maximum absolute atomic E-state index is 13.4. The van der Waals surface area contributed by atoms with Gasteiger partial charge < -0.3 is 9.88 Å². The Morgan fingerprint density at radius 2 is 1.80 bits per heavy atom. The van der Waals surface area contributed by atoms with Crippen molar-refractivity contribution in [1.29, 1.82) is 0 Å². The predicted octanol–water partition coefficient (Wildman–Crippen LogP) is 4.05. The number of pyridine rings is 1. The molecular weight excluding hydrogens is 372 g/mol. The van der Waals surface area contributed by atoms with Crippen LogP contribution in [-0.2, 0) is 17.8 Å². The molecule has 0 bridgehead atoms. The maximum Gasteiger partial charge on any atom is 0.247 e. The van der Waals surface area contributed by atoms with Crippen molar-refractivity contribution in [3.63, 3.8) is 0 Å². The summed E-state index contributed by atoms with van der Waals surface area (Å²) in [5.41, 5.74) is 6.22. The summed E-state index contributed by atoms with van der Waals surface area (Å²) in [5, 5.41) is 4.66. The lowest BCUT2D eigenvalue weighted by molar-refractivity contribution is -0.123. The van der Waals surface area contributed by atoms with Crippen LogP contribution in [0.15, 0.2) is 73.1 Å². The highest BCUT2D eigenvalue weighted by Gasteiger charge is 2.48. The van der Waals surface area contributed by atoms with Crippen LogP contribution in [0.2, 0.25) is 0 Å². The first-order chi connectivity index (χ1) is 14.7. The molecule has 1 fully saturated rings. The molecule has 2 aliphatic heterocycles. The molecule has 148 valence electrons. The van der Waals surface area contributed by atoms with E-state index in [4.69, 9.17) is 0 Å². The van der Waals surface area contributed by atoms with Gasteiger partial charge in [0.05, 0.1) is 0 Å². The Balaban J connectivity index is 1.28. The van der Waals surface area contributed by atoms with Crippen molar-refractivity contribution >= 4 is 22.6 Å². The Morgan fingerprint density at radius 1 is 0.967 bits per heavy atom. The second-order valence-corrected chi connectivity index (χ2v) is 8.23. The van der Waals surface area contributed by atoms with E-state index in [1.807, 2.05) is 29.4 Å². The van der Waals surface area contributed by atoms with Crippen LogP contribution in [0.4, 0.5) is 5.69 Å². The van der Waals surface area contributed by atoms with Gasteiger partial charge in [-0.15, -0.1) is 0 Å². The monoisotopic (exact) mass is 394 g/mol. The summed E-state index contributed by atoms with van der Waals surface area (Å²) >= 11 is 0. The minimum Gasteiger partial charge on any atom is -0.346 e. The summed E-state index contributed by atoms with van der Waals surface area (Å²) in [6.07, 6.45) is 5.32. The highest BCUT2D eigenvalue weighted by Crippen LogP contribution is 2.36. The van der Waals surface area contributed by atoms with Crippen LogP contribution in [0.1, 0.15) is 17.5 Å². The SMILES string of the molecule is O=C1N(c2ccc(-c3ccnc4[nH]ccc34)cc2)CCC12Cc1ccccc1CN2. The van der Waals surface area contributed by atoms with Crippen molar-refractivity contribution in [3.05, 3.63) is 84.2 Å². The number of carbonyl (C=O) groups is 1. The van der Waals surface area contributed by atoms with Gasteiger partial charge >= 0.3 is 0 Å². The highest BCUT2D eigenvalue weighted by molar-refractivity contribution is 6.03. The molecule has 1 unspecified atom stereocenters. The third kappa shape index (κ3) is 2.59. The Kier molecular flexibility index (Phi) is 3.80. The fraction of sp³-hybridized carbons (Fsp3) is 0.200. The zero-order valence-electron chi connectivity index (χ0n) is 16.6. The smallest absolute Gasteiger partial charge is 0.247 e. The topological polar surface area (TPSA) is 61.0 Å². The summed E-state index contributed by atoms with van der Waals surface area (Å²) < 4.78 is 0. The summed E-state index contributed by atoms with van der Waals surface area (Å²) in [4.78, 5) is 22.9. The van der Waals surface area contributed by atoms with Gasteiger partial charge in [-0.05, 0) is 52.9 Å². The van der Waals surface area contributed by atoms with Crippen molar-refractivity contribution in [1.82, 2.24) is 15.3 Å². The molecule has 2 N–H and O–H groups in total. The van der Waals surface area contributed by atoms with Crippen LogP contribution < -0.4 is 10.2 Å². The molecule has 4 aromatic rings. The fourth-order valence-corrected chi connectivity index (χ4v) is 4.93. The molecule has 2 aliphatic rings. The van der Waals surface area contributed by atoms with Gasteiger partial charge in [0.2, 0.25) is 5.91 Å². The number of fused-ring (bicyclic) bond motifs is 2. The number of hydrogen-bond acceptors (Lipinski definition) is 3. The zero-order chi connectivity index (χ0) is 20.1. The Bertz CT molecular complexity index is 1260. The molecule has 0 aliphatic carbocycles. The number of aromatic amines is 1. The molecule has 0 saturated carbocycles. The van der Waals surface area contributed by atoms with Crippen molar-refractivity contribution in [2.75, 3.05) is 11.4 Å². The van der Waals surface area contributed by atoms with Gasteiger partial charge in [0.15, 0.2) is 0 Å². The van der Waals surface area contributed by atoms with E-state index < -0.39 is 5.54 Å². The van der Waals surface area contributed by atoms with Gasteiger partial charge in [-0.25, -0.2) is 4.98 Å². The lowest BCUT2D eigenvalue weighted by Crippen LogP contribution is -2.55. The third-order valence-corrected chi connectivity index (χ3v) is 6.59. The zero-order valence-corrected chi connectivity index (χ0v) is 16.6. The van der Waals surface area contributed by atoms with Crippen LogP contribution in [0.5, 0.6) is 0 Å². The number of H-pyrrole nitrogens is 1. The van der Waals surface area contributed by atoms with E-state index in [0.717, 1.165) is 53.8 Å². The summed E-state index contributed by atoms with van der Waals surface area (Å²) in [5.74, 6) is 0.182. The average molecular weight is 394 g/mol. The molecule has 2 aromatic carbocycles. The second kappa shape index (κ2) is 6.54. The molecule has 5 heteroatoms. The van der Waals surface area contributed by atoms with Gasteiger partial charge in [-0.2, -0.15) is 0 Å². The second-order valence-electron chi connectivity index (χ2n) is 8.23. The maximum atomic E-state index is 13.4. The number of hydrogen-bond donors (Lipinski definition) is 2. The van der Waals surface area contributed by atoms with Crippen LogP contribution in [0.25, 0.3) is 22.2 Å². The number of nitrogens with one attached hydrogen (secondary N) is 2. The summed E-state index contributed by atoms with van der Waals surface area (Å²) in [6.45, 7) is 1.49. The molecule has 1 spiro atoms. The lowest BCUT2D eigenvalue weighted by Gasteiger charge is -2.34. The lowest BCUT2D eigenvalue weighted by atomic mass is 9.83. The fourth-order valence-electron chi connectivity index (χ4n) is 4.93. The van der Waals surface area contributed by atoms with E-state index >= 15 is 0 Å². The number of rotatable bonds is 2. The average Bonchev–Trinajstić information content (AvgIpc) is 3.39. The van der Waals surface area contributed by atoms with Gasteiger partial charge in [0.25, 0.3) is 0 Å². The normalized spacial score (nSPS) is 20.8. The highest BCUT2D eigenvalue weighted by atomic mass is 16.2. The number of carbonyl (C=O) groups excluding carboxylic acids is 1.